The first-order chi connectivity index (χ1) is 12.6. The summed E-state index contributed by atoms with van der Waals surface area (Å²) < 4.78 is 10.9. The fraction of sp³-hybridized carbons (Fsp3) is 0.158. The highest BCUT2D eigenvalue weighted by Crippen LogP contribution is 2.34. The molecule has 3 rings (SSSR count). The zero-order valence-corrected chi connectivity index (χ0v) is 14.0. The van der Waals surface area contributed by atoms with E-state index >= 15 is 0 Å². The molecule has 0 N–H and O–H groups in total. The maximum absolute atomic E-state index is 12.5. The van der Waals surface area contributed by atoms with Gasteiger partial charge in [-0.3, -0.25) is 15.1 Å². The van der Waals surface area contributed by atoms with E-state index in [1.807, 2.05) is 6.92 Å². The first-order valence-corrected chi connectivity index (χ1v) is 8.07. The van der Waals surface area contributed by atoms with Crippen molar-refractivity contribution in [3.05, 3.63) is 70.4 Å². The maximum Gasteiger partial charge on any atom is 0.343 e. The largest absolute Gasteiger partial charge is 0.494 e. The Balaban J connectivity index is 1.97. The molecule has 0 amide bonds. The molecular formula is C19H16N2O5. The van der Waals surface area contributed by atoms with E-state index in [2.05, 4.69) is 4.98 Å². The van der Waals surface area contributed by atoms with Gasteiger partial charge in [0.15, 0.2) is 0 Å². The number of hydrogen-bond acceptors (Lipinski definition) is 6. The molecule has 1 aromatic heterocycles. The number of nitro groups is 1. The molecule has 26 heavy (non-hydrogen) atoms. The summed E-state index contributed by atoms with van der Waals surface area (Å²) in [5.41, 5.74) is 0.178. The lowest BCUT2D eigenvalue weighted by Crippen LogP contribution is -2.11. The zero-order valence-electron chi connectivity index (χ0n) is 14.0. The van der Waals surface area contributed by atoms with Crippen LogP contribution in [0.3, 0.4) is 0 Å². The number of aromatic nitrogens is 1. The van der Waals surface area contributed by atoms with Crippen LogP contribution in [0.15, 0.2) is 54.7 Å². The first kappa shape index (κ1) is 17.3. The van der Waals surface area contributed by atoms with Crippen LogP contribution in [0, 0.1) is 10.1 Å². The fourth-order valence-corrected chi connectivity index (χ4v) is 2.44. The van der Waals surface area contributed by atoms with Gasteiger partial charge >= 0.3 is 11.7 Å². The molecule has 0 saturated carbocycles. The Morgan fingerprint density at radius 1 is 1.19 bits per heavy atom. The van der Waals surface area contributed by atoms with E-state index in [1.165, 1.54) is 12.3 Å². The number of carbonyl (C=O) groups is 1. The second kappa shape index (κ2) is 7.60. The molecule has 0 bridgehead atoms. The summed E-state index contributed by atoms with van der Waals surface area (Å²) in [6, 6.07) is 12.8. The minimum absolute atomic E-state index is 0.169. The van der Waals surface area contributed by atoms with E-state index in [-0.39, 0.29) is 22.5 Å². The van der Waals surface area contributed by atoms with E-state index in [0.717, 1.165) is 6.42 Å². The normalized spacial score (nSPS) is 10.5. The van der Waals surface area contributed by atoms with Gasteiger partial charge in [-0.25, -0.2) is 4.79 Å². The third-order valence-corrected chi connectivity index (χ3v) is 3.64. The summed E-state index contributed by atoms with van der Waals surface area (Å²) in [5, 5.41) is 12.0. The number of esters is 1. The van der Waals surface area contributed by atoms with Crippen molar-refractivity contribution in [1.82, 2.24) is 4.98 Å². The lowest BCUT2D eigenvalue weighted by Gasteiger charge is -2.09. The van der Waals surface area contributed by atoms with E-state index in [4.69, 9.17) is 9.47 Å². The summed E-state index contributed by atoms with van der Waals surface area (Å²) in [4.78, 5) is 27.4. The average molecular weight is 352 g/mol. The van der Waals surface area contributed by atoms with Gasteiger partial charge < -0.3 is 9.47 Å². The average Bonchev–Trinajstić information content (AvgIpc) is 2.66. The van der Waals surface area contributed by atoms with E-state index < -0.39 is 10.9 Å². The molecule has 132 valence electrons. The summed E-state index contributed by atoms with van der Waals surface area (Å²) in [6.07, 6.45) is 2.32. The van der Waals surface area contributed by atoms with Gasteiger partial charge in [0.1, 0.15) is 11.3 Å². The lowest BCUT2D eigenvalue weighted by atomic mass is 10.1. The Labute approximate surface area is 149 Å². The number of rotatable bonds is 6. The summed E-state index contributed by atoms with van der Waals surface area (Å²) in [7, 11) is 0. The predicted molar refractivity (Wildman–Crippen MR) is 95.6 cm³/mol. The Bertz CT molecular complexity index is 971. The Morgan fingerprint density at radius 3 is 2.81 bits per heavy atom. The van der Waals surface area contributed by atoms with Gasteiger partial charge in [-0.1, -0.05) is 19.1 Å². The lowest BCUT2D eigenvalue weighted by molar-refractivity contribution is -0.385. The maximum atomic E-state index is 12.5. The summed E-state index contributed by atoms with van der Waals surface area (Å²) >= 11 is 0. The molecule has 0 aliphatic carbocycles. The highest BCUT2D eigenvalue weighted by atomic mass is 16.6. The third-order valence-electron chi connectivity index (χ3n) is 3.64. The first-order valence-electron chi connectivity index (χ1n) is 8.07. The predicted octanol–water partition coefficient (Wildman–Crippen LogP) is 4.15. The van der Waals surface area contributed by atoms with Gasteiger partial charge in [0.25, 0.3) is 0 Å². The van der Waals surface area contributed by atoms with Crippen LogP contribution in [0.1, 0.15) is 23.7 Å². The number of fused-ring (bicyclic) bond motifs is 1. The van der Waals surface area contributed by atoms with Crippen molar-refractivity contribution >= 4 is 22.6 Å². The summed E-state index contributed by atoms with van der Waals surface area (Å²) in [5.74, 6) is -0.349. The second-order valence-electron chi connectivity index (χ2n) is 5.51. The molecular weight excluding hydrogens is 336 g/mol. The fourth-order valence-electron chi connectivity index (χ4n) is 2.44. The molecule has 0 atom stereocenters. The van der Waals surface area contributed by atoms with E-state index in [9.17, 15) is 14.9 Å². The molecule has 2 aromatic carbocycles. The number of carbonyl (C=O) groups excluding carboxylic acids is 1. The van der Waals surface area contributed by atoms with Crippen LogP contribution in [-0.4, -0.2) is 22.5 Å². The SMILES string of the molecule is CCCOc1cccc(C(=O)Oc2c([N+](=O)[O-])ccc3cccnc23)c1. The Morgan fingerprint density at radius 2 is 2.04 bits per heavy atom. The van der Waals surface area contributed by atoms with E-state index in [1.54, 1.807) is 42.5 Å². The van der Waals surface area contributed by atoms with Crippen molar-refractivity contribution in [2.75, 3.05) is 6.61 Å². The van der Waals surface area contributed by atoms with Crippen LogP contribution in [-0.2, 0) is 0 Å². The molecule has 1 heterocycles. The monoisotopic (exact) mass is 352 g/mol. The number of pyridine rings is 1. The molecule has 7 nitrogen and oxygen atoms in total. The van der Waals surface area contributed by atoms with Crippen LogP contribution >= 0.6 is 0 Å². The molecule has 0 unspecified atom stereocenters. The van der Waals surface area contributed by atoms with Gasteiger partial charge in [0, 0.05) is 17.6 Å². The molecule has 0 radical (unpaired) electrons. The van der Waals surface area contributed by atoms with Gasteiger partial charge in [-0.2, -0.15) is 0 Å². The van der Waals surface area contributed by atoms with Crippen molar-refractivity contribution in [2.24, 2.45) is 0 Å². The van der Waals surface area contributed by atoms with Crippen LogP contribution in [0.5, 0.6) is 11.5 Å². The Hall–Kier alpha value is -3.48. The molecule has 7 heteroatoms. The van der Waals surface area contributed by atoms with Crippen LogP contribution in [0.25, 0.3) is 10.9 Å². The van der Waals surface area contributed by atoms with Gasteiger partial charge in [0.05, 0.1) is 17.1 Å². The van der Waals surface area contributed by atoms with Crippen LogP contribution in [0.4, 0.5) is 5.69 Å². The standard InChI is InChI=1S/C19H16N2O5/c1-2-11-25-15-7-3-5-14(12-15)19(22)26-18-16(21(23)24)9-8-13-6-4-10-20-17(13)18/h3-10,12H,2,11H2,1H3. The minimum atomic E-state index is -0.715. The van der Waals surface area contributed by atoms with Crippen LogP contribution < -0.4 is 9.47 Å². The van der Waals surface area contributed by atoms with Crippen molar-refractivity contribution in [2.45, 2.75) is 13.3 Å². The Kier molecular flexibility index (Phi) is 5.07. The van der Waals surface area contributed by atoms with Crippen LogP contribution in [0.2, 0.25) is 0 Å². The number of nitrogens with zero attached hydrogens (tertiary/aromatic N) is 2. The molecule has 0 aliphatic rings. The highest BCUT2D eigenvalue weighted by molar-refractivity contribution is 5.96. The second-order valence-corrected chi connectivity index (χ2v) is 5.51. The number of ether oxygens (including phenoxy) is 2. The minimum Gasteiger partial charge on any atom is -0.494 e. The number of hydrogen-bond donors (Lipinski definition) is 0. The topological polar surface area (TPSA) is 91.6 Å². The van der Waals surface area contributed by atoms with E-state index in [0.29, 0.717) is 17.7 Å². The van der Waals surface area contributed by atoms with Gasteiger partial charge in [0.2, 0.25) is 5.75 Å². The molecule has 3 aromatic rings. The van der Waals surface area contributed by atoms with Crippen molar-refractivity contribution in [3.63, 3.8) is 0 Å². The van der Waals surface area contributed by atoms with Gasteiger partial charge in [-0.05, 0) is 36.8 Å². The number of benzene rings is 2. The van der Waals surface area contributed by atoms with Gasteiger partial charge in [-0.15, -0.1) is 0 Å². The number of nitro benzene ring substituents is 1. The van der Waals surface area contributed by atoms with Crippen molar-refractivity contribution in [3.8, 4) is 11.5 Å². The van der Waals surface area contributed by atoms with Crippen molar-refractivity contribution in [1.29, 1.82) is 0 Å². The molecule has 0 aliphatic heterocycles. The third kappa shape index (κ3) is 3.61. The quantitative estimate of drug-likeness (QED) is 0.286. The molecule has 0 saturated heterocycles. The molecule has 0 fully saturated rings. The summed E-state index contributed by atoms with van der Waals surface area (Å²) in [6.45, 7) is 2.50. The van der Waals surface area contributed by atoms with Crippen molar-refractivity contribution < 1.29 is 19.2 Å². The zero-order chi connectivity index (χ0) is 18.5. The smallest absolute Gasteiger partial charge is 0.343 e. The highest BCUT2D eigenvalue weighted by Gasteiger charge is 2.23. The molecule has 0 spiro atoms.